The number of rotatable bonds is 10. The number of carbonyl (C=O) groups is 3. The number of carboxylic acid groups (broad SMARTS) is 1. The van der Waals surface area contributed by atoms with Gasteiger partial charge >= 0.3 is 5.97 Å². The fourth-order valence-corrected chi connectivity index (χ4v) is 3.79. The molecule has 170 valence electrons. The summed E-state index contributed by atoms with van der Waals surface area (Å²) in [5.74, 6) is -1.56. The van der Waals surface area contributed by atoms with Crippen LogP contribution >= 0.6 is 0 Å². The van der Waals surface area contributed by atoms with E-state index < -0.39 is 5.97 Å². The van der Waals surface area contributed by atoms with Gasteiger partial charge in [-0.25, -0.2) is 4.79 Å². The average Bonchev–Trinajstić information content (AvgIpc) is 3.24. The molecule has 0 spiro atoms. The Bertz CT molecular complexity index is 806. The van der Waals surface area contributed by atoms with E-state index in [2.05, 4.69) is 5.32 Å². The highest BCUT2D eigenvalue weighted by molar-refractivity contribution is 6.12. The molecule has 2 N–H and O–H groups in total. The Morgan fingerprint density at radius 1 is 1.32 bits per heavy atom. The number of anilines is 2. The van der Waals surface area contributed by atoms with Crippen molar-refractivity contribution in [1.29, 1.82) is 0 Å². The summed E-state index contributed by atoms with van der Waals surface area (Å²) in [6, 6.07) is 4.51. The number of fused-ring (bicyclic) bond motifs is 1. The monoisotopic (exact) mass is 433 g/mol. The molecule has 0 aromatic heterocycles. The van der Waals surface area contributed by atoms with E-state index in [9.17, 15) is 19.5 Å². The van der Waals surface area contributed by atoms with E-state index in [1.165, 1.54) is 17.0 Å². The van der Waals surface area contributed by atoms with E-state index >= 15 is 0 Å². The van der Waals surface area contributed by atoms with Gasteiger partial charge in [0.2, 0.25) is 11.8 Å². The van der Waals surface area contributed by atoms with Crippen LogP contribution in [-0.4, -0.2) is 74.5 Å². The van der Waals surface area contributed by atoms with Gasteiger partial charge < -0.3 is 24.8 Å². The molecule has 9 heteroatoms. The van der Waals surface area contributed by atoms with Crippen LogP contribution in [0.4, 0.5) is 11.4 Å². The molecule has 1 saturated heterocycles. The van der Waals surface area contributed by atoms with Gasteiger partial charge in [0.05, 0.1) is 35.7 Å². The van der Waals surface area contributed by atoms with Crippen LogP contribution in [0.3, 0.4) is 0 Å². The molecular weight excluding hydrogens is 402 g/mol. The van der Waals surface area contributed by atoms with E-state index in [1.807, 2.05) is 13.8 Å². The second kappa shape index (κ2) is 10.7. The Kier molecular flexibility index (Phi) is 8.00. The molecule has 1 atom stereocenters. The Labute approximate surface area is 182 Å². The van der Waals surface area contributed by atoms with Gasteiger partial charge in [-0.3, -0.25) is 14.5 Å². The predicted molar refractivity (Wildman–Crippen MR) is 116 cm³/mol. The summed E-state index contributed by atoms with van der Waals surface area (Å²) in [5, 5.41) is 12.5. The maximum absolute atomic E-state index is 12.9. The molecule has 3 rings (SSSR count). The number of hydrogen-bond donors (Lipinski definition) is 2. The number of amides is 2. The van der Waals surface area contributed by atoms with Crippen molar-refractivity contribution in [3.63, 3.8) is 0 Å². The van der Waals surface area contributed by atoms with Gasteiger partial charge in [0, 0.05) is 26.3 Å². The molecule has 0 saturated carbocycles. The molecule has 0 bridgehead atoms. The Hall–Kier alpha value is -2.49. The number of nitrogens with zero attached hydrogens (tertiary/aromatic N) is 2. The van der Waals surface area contributed by atoms with Crippen LogP contribution < -0.4 is 15.1 Å². The van der Waals surface area contributed by atoms with E-state index in [-0.39, 0.29) is 42.7 Å². The molecule has 1 fully saturated rings. The molecule has 2 amide bonds. The molecule has 31 heavy (non-hydrogen) atoms. The number of carboxylic acids is 1. The van der Waals surface area contributed by atoms with E-state index in [0.29, 0.717) is 37.5 Å². The minimum atomic E-state index is -1.08. The zero-order valence-electron chi connectivity index (χ0n) is 18.1. The van der Waals surface area contributed by atoms with Crippen molar-refractivity contribution >= 4 is 29.2 Å². The molecule has 0 radical (unpaired) electrons. The number of nitrogens with one attached hydrogen (secondary N) is 1. The van der Waals surface area contributed by atoms with Crippen molar-refractivity contribution in [1.82, 2.24) is 5.32 Å². The molecule has 2 heterocycles. The fraction of sp³-hybridized carbons (Fsp3) is 0.591. The van der Waals surface area contributed by atoms with Crippen molar-refractivity contribution in [3.8, 4) is 0 Å². The summed E-state index contributed by atoms with van der Waals surface area (Å²) in [5.41, 5.74) is 1.05. The van der Waals surface area contributed by atoms with Crippen LogP contribution in [0.25, 0.3) is 0 Å². The Morgan fingerprint density at radius 2 is 2.13 bits per heavy atom. The van der Waals surface area contributed by atoms with Crippen molar-refractivity contribution in [2.24, 2.45) is 0 Å². The number of ether oxygens (including phenoxy) is 2. The maximum Gasteiger partial charge on any atom is 0.335 e. The summed E-state index contributed by atoms with van der Waals surface area (Å²) in [6.07, 6.45) is 2.83. The van der Waals surface area contributed by atoms with Gasteiger partial charge in [-0.1, -0.05) is 0 Å². The smallest absolute Gasteiger partial charge is 0.335 e. The lowest BCUT2D eigenvalue weighted by Gasteiger charge is -2.36. The van der Waals surface area contributed by atoms with Gasteiger partial charge in [0.15, 0.2) is 0 Å². The SMILES string of the molecule is CC(C)OCCCN1C(=O)CN(C(=O)CNCC2CCCO2)c2cc(C(=O)O)ccc21. The third-order valence-corrected chi connectivity index (χ3v) is 5.35. The van der Waals surface area contributed by atoms with E-state index in [1.54, 1.807) is 11.0 Å². The lowest BCUT2D eigenvalue weighted by molar-refractivity contribution is -0.122. The highest BCUT2D eigenvalue weighted by Gasteiger charge is 2.33. The van der Waals surface area contributed by atoms with Gasteiger partial charge in [-0.05, 0) is 51.3 Å². The number of carbonyl (C=O) groups excluding carboxylic acids is 2. The molecule has 1 aromatic carbocycles. The molecule has 1 aromatic rings. The first-order valence-electron chi connectivity index (χ1n) is 10.8. The second-order valence-electron chi connectivity index (χ2n) is 8.07. The third kappa shape index (κ3) is 6.03. The Morgan fingerprint density at radius 3 is 2.81 bits per heavy atom. The second-order valence-corrected chi connectivity index (χ2v) is 8.07. The topological polar surface area (TPSA) is 108 Å². The van der Waals surface area contributed by atoms with Gasteiger partial charge in [-0.15, -0.1) is 0 Å². The quantitative estimate of drug-likeness (QED) is 0.540. The summed E-state index contributed by atoms with van der Waals surface area (Å²) in [6.45, 7) is 6.08. The summed E-state index contributed by atoms with van der Waals surface area (Å²) in [7, 11) is 0. The Balaban J connectivity index is 1.73. The molecule has 9 nitrogen and oxygen atoms in total. The molecule has 0 aliphatic carbocycles. The molecule has 2 aliphatic heterocycles. The number of aromatic carboxylic acids is 1. The van der Waals surface area contributed by atoms with Gasteiger partial charge in [-0.2, -0.15) is 0 Å². The number of benzene rings is 1. The first-order chi connectivity index (χ1) is 14.9. The zero-order valence-corrected chi connectivity index (χ0v) is 18.1. The fourth-order valence-electron chi connectivity index (χ4n) is 3.79. The van der Waals surface area contributed by atoms with Crippen LogP contribution in [-0.2, 0) is 19.1 Å². The van der Waals surface area contributed by atoms with E-state index in [4.69, 9.17) is 9.47 Å². The highest BCUT2D eigenvalue weighted by Crippen LogP contribution is 2.35. The molecular formula is C22H31N3O6. The van der Waals surface area contributed by atoms with Crippen LogP contribution in [0.15, 0.2) is 18.2 Å². The van der Waals surface area contributed by atoms with Crippen LogP contribution in [0.5, 0.6) is 0 Å². The first kappa shape index (κ1) is 23.2. The van der Waals surface area contributed by atoms with Crippen molar-refractivity contribution < 1.29 is 29.0 Å². The largest absolute Gasteiger partial charge is 0.478 e. The van der Waals surface area contributed by atoms with Crippen LogP contribution in [0.2, 0.25) is 0 Å². The van der Waals surface area contributed by atoms with Crippen molar-refractivity contribution in [2.75, 3.05) is 49.2 Å². The summed E-state index contributed by atoms with van der Waals surface area (Å²) in [4.78, 5) is 40.2. The summed E-state index contributed by atoms with van der Waals surface area (Å²) < 4.78 is 11.1. The zero-order chi connectivity index (χ0) is 22.4. The lowest BCUT2D eigenvalue weighted by Crippen LogP contribution is -2.51. The van der Waals surface area contributed by atoms with Crippen LogP contribution in [0, 0.1) is 0 Å². The van der Waals surface area contributed by atoms with Gasteiger partial charge in [0.1, 0.15) is 6.54 Å². The normalized spacial score (nSPS) is 18.5. The molecule has 2 aliphatic rings. The highest BCUT2D eigenvalue weighted by atomic mass is 16.5. The van der Waals surface area contributed by atoms with Gasteiger partial charge in [0.25, 0.3) is 0 Å². The average molecular weight is 434 g/mol. The van der Waals surface area contributed by atoms with E-state index in [0.717, 1.165) is 19.4 Å². The van der Waals surface area contributed by atoms with Crippen molar-refractivity contribution in [3.05, 3.63) is 23.8 Å². The lowest BCUT2D eigenvalue weighted by atomic mass is 10.1. The van der Waals surface area contributed by atoms with Crippen LogP contribution in [0.1, 0.15) is 43.5 Å². The standard InChI is InChI=1S/C22H31N3O6/c1-15(2)30-10-4-8-24-18-7-6-16(22(28)29)11-19(18)25(14-21(24)27)20(26)13-23-12-17-5-3-9-31-17/h6-7,11,15,17,23H,3-5,8-10,12-14H2,1-2H3,(H,28,29). The first-order valence-corrected chi connectivity index (χ1v) is 10.8. The van der Waals surface area contributed by atoms with Crippen molar-refractivity contribution in [2.45, 2.75) is 45.3 Å². The third-order valence-electron chi connectivity index (χ3n) is 5.35. The minimum absolute atomic E-state index is 0.0477. The number of hydrogen-bond acceptors (Lipinski definition) is 6. The molecule has 1 unspecified atom stereocenters. The minimum Gasteiger partial charge on any atom is -0.478 e. The maximum atomic E-state index is 12.9. The summed E-state index contributed by atoms with van der Waals surface area (Å²) >= 11 is 0. The predicted octanol–water partition coefficient (Wildman–Crippen LogP) is 1.65.